The molecule has 0 amide bonds. The van der Waals surface area contributed by atoms with Gasteiger partial charge in [0.15, 0.2) is 5.82 Å². The first-order valence-corrected chi connectivity index (χ1v) is 6.40. The molecule has 0 fully saturated rings. The second kappa shape index (κ2) is 6.59. The number of halogens is 1. The van der Waals surface area contributed by atoms with Crippen molar-refractivity contribution in [3.8, 4) is 11.4 Å². The number of anilines is 1. The van der Waals surface area contributed by atoms with Gasteiger partial charge < -0.3 is 15.2 Å². The first-order chi connectivity index (χ1) is 10.1. The zero-order chi connectivity index (χ0) is 15.4. The van der Waals surface area contributed by atoms with Crippen molar-refractivity contribution in [3.05, 3.63) is 23.5 Å². The Bertz CT molecular complexity index is 617. The maximum atomic E-state index is 14.3. The van der Waals surface area contributed by atoms with Gasteiger partial charge in [-0.3, -0.25) is 0 Å². The van der Waals surface area contributed by atoms with Gasteiger partial charge in [-0.1, -0.05) is 0 Å². The zero-order valence-electron chi connectivity index (χ0n) is 12.2. The van der Waals surface area contributed by atoms with E-state index in [1.54, 1.807) is 27.2 Å². The summed E-state index contributed by atoms with van der Waals surface area (Å²) in [6.07, 6.45) is -0.234. The summed E-state index contributed by atoms with van der Waals surface area (Å²) in [4.78, 5) is 0. The maximum absolute atomic E-state index is 14.3. The normalized spacial score (nSPS) is 12.6. The number of nitrogens with zero attached hydrogens (tertiary/aromatic N) is 4. The fraction of sp³-hybridized carbons (Fsp3) is 0.462. The van der Waals surface area contributed by atoms with Crippen LogP contribution in [0.2, 0.25) is 0 Å². The van der Waals surface area contributed by atoms with Gasteiger partial charge in [-0.25, -0.2) is 9.07 Å². The van der Waals surface area contributed by atoms with Gasteiger partial charge in [-0.05, 0) is 35.0 Å². The van der Waals surface area contributed by atoms with Crippen LogP contribution in [0.15, 0.2) is 12.1 Å². The van der Waals surface area contributed by atoms with Gasteiger partial charge >= 0.3 is 0 Å². The standard InChI is InChI=1S/C13H18FN5O2/c1-8-4-9(15)5-11(12(8)14)13-16-17-18-19(13)6-10(21-3)7-20-2/h4-5,10H,6-7,15H2,1-3H3. The number of methoxy groups -OCH3 is 2. The molecule has 1 heterocycles. The highest BCUT2D eigenvalue weighted by Gasteiger charge is 2.18. The summed E-state index contributed by atoms with van der Waals surface area (Å²) in [6.45, 7) is 2.38. The average Bonchev–Trinajstić information content (AvgIpc) is 2.90. The highest BCUT2D eigenvalue weighted by atomic mass is 19.1. The quantitative estimate of drug-likeness (QED) is 0.801. The molecule has 1 aromatic heterocycles. The molecule has 2 rings (SSSR count). The second-order valence-electron chi connectivity index (χ2n) is 4.70. The Hall–Kier alpha value is -2.06. The number of tetrazole rings is 1. The van der Waals surface area contributed by atoms with E-state index in [1.807, 2.05) is 0 Å². The van der Waals surface area contributed by atoms with Gasteiger partial charge in [0.1, 0.15) is 11.9 Å². The topological polar surface area (TPSA) is 88.1 Å². The lowest BCUT2D eigenvalue weighted by Gasteiger charge is -2.15. The smallest absolute Gasteiger partial charge is 0.185 e. The Balaban J connectivity index is 2.36. The number of nitrogens with two attached hydrogens (primary N) is 1. The van der Waals surface area contributed by atoms with Crippen LogP contribution in [0.3, 0.4) is 0 Å². The van der Waals surface area contributed by atoms with Crippen LogP contribution in [0, 0.1) is 12.7 Å². The molecule has 0 bridgehead atoms. The molecule has 114 valence electrons. The number of rotatable bonds is 6. The highest BCUT2D eigenvalue weighted by Crippen LogP contribution is 2.25. The van der Waals surface area contributed by atoms with E-state index in [1.165, 1.54) is 10.7 Å². The van der Waals surface area contributed by atoms with Crippen molar-refractivity contribution >= 4 is 5.69 Å². The van der Waals surface area contributed by atoms with Crippen molar-refractivity contribution in [1.29, 1.82) is 0 Å². The van der Waals surface area contributed by atoms with Crippen molar-refractivity contribution in [2.24, 2.45) is 0 Å². The maximum Gasteiger partial charge on any atom is 0.185 e. The van der Waals surface area contributed by atoms with Crippen LogP contribution in [0.4, 0.5) is 10.1 Å². The number of aromatic nitrogens is 4. The number of nitrogen functional groups attached to an aromatic ring is 1. The van der Waals surface area contributed by atoms with E-state index in [9.17, 15) is 4.39 Å². The van der Waals surface area contributed by atoms with Gasteiger partial charge in [0, 0.05) is 19.9 Å². The van der Waals surface area contributed by atoms with Crippen LogP contribution < -0.4 is 5.73 Å². The average molecular weight is 295 g/mol. The molecule has 0 saturated heterocycles. The number of aryl methyl sites for hydroxylation is 1. The zero-order valence-corrected chi connectivity index (χ0v) is 12.2. The first kappa shape index (κ1) is 15.3. The summed E-state index contributed by atoms with van der Waals surface area (Å²) in [5.74, 6) is -0.0815. The van der Waals surface area contributed by atoms with Crippen molar-refractivity contribution < 1.29 is 13.9 Å². The largest absolute Gasteiger partial charge is 0.399 e. The summed E-state index contributed by atoms with van der Waals surface area (Å²) in [6, 6.07) is 3.08. The summed E-state index contributed by atoms with van der Waals surface area (Å²) in [7, 11) is 3.15. The van der Waals surface area contributed by atoms with E-state index in [0.29, 0.717) is 30.2 Å². The van der Waals surface area contributed by atoms with Crippen molar-refractivity contribution in [2.45, 2.75) is 19.6 Å². The molecule has 1 aromatic carbocycles. The minimum absolute atomic E-state index is 0.234. The molecular formula is C13H18FN5O2. The predicted octanol–water partition coefficient (Wildman–Crippen LogP) is 1.03. The van der Waals surface area contributed by atoms with Gasteiger partial charge in [-0.15, -0.1) is 5.10 Å². The molecule has 21 heavy (non-hydrogen) atoms. The lowest BCUT2D eigenvalue weighted by atomic mass is 10.1. The van der Waals surface area contributed by atoms with E-state index >= 15 is 0 Å². The Morgan fingerprint density at radius 2 is 2.14 bits per heavy atom. The fourth-order valence-corrected chi connectivity index (χ4v) is 2.05. The van der Waals surface area contributed by atoms with E-state index in [0.717, 1.165) is 0 Å². The molecule has 1 unspecified atom stereocenters. The van der Waals surface area contributed by atoms with E-state index in [4.69, 9.17) is 15.2 Å². The predicted molar refractivity (Wildman–Crippen MR) is 75.0 cm³/mol. The summed E-state index contributed by atoms with van der Waals surface area (Å²) < 4.78 is 26.1. The molecule has 0 radical (unpaired) electrons. The molecule has 8 heteroatoms. The summed E-state index contributed by atoms with van der Waals surface area (Å²) >= 11 is 0. The number of ether oxygens (including phenoxy) is 2. The van der Waals surface area contributed by atoms with E-state index in [-0.39, 0.29) is 17.5 Å². The molecular weight excluding hydrogens is 277 g/mol. The fourth-order valence-electron chi connectivity index (χ4n) is 2.05. The molecule has 2 aromatic rings. The minimum atomic E-state index is -0.388. The molecule has 1 atom stereocenters. The Labute approximate surface area is 121 Å². The number of hydrogen-bond donors (Lipinski definition) is 1. The van der Waals surface area contributed by atoms with E-state index in [2.05, 4.69) is 15.5 Å². The Kier molecular flexibility index (Phi) is 4.81. The molecule has 0 aliphatic heterocycles. The lowest BCUT2D eigenvalue weighted by Crippen LogP contribution is -2.25. The van der Waals surface area contributed by atoms with Crippen LogP contribution >= 0.6 is 0 Å². The lowest BCUT2D eigenvalue weighted by molar-refractivity contribution is 0.0163. The van der Waals surface area contributed by atoms with Crippen LogP contribution in [0.25, 0.3) is 11.4 Å². The summed E-state index contributed by atoms with van der Waals surface area (Å²) in [5.41, 5.74) is 6.94. The van der Waals surface area contributed by atoms with Gasteiger partial charge in [0.05, 0.1) is 18.7 Å². The molecule has 0 spiro atoms. The number of benzene rings is 1. The molecule has 0 aliphatic rings. The van der Waals surface area contributed by atoms with E-state index < -0.39 is 0 Å². The van der Waals surface area contributed by atoms with Crippen molar-refractivity contribution in [1.82, 2.24) is 20.2 Å². The molecule has 0 aliphatic carbocycles. The van der Waals surface area contributed by atoms with Crippen LogP contribution in [-0.4, -0.2) is 47.1 Å². The van der Waals surface area contributed by atoms with Gasteiger partial charge in [-0.2, -0.15) is 0 Å². The van der Waals surface area contributed by atoms with Gasteiger partial charge in [0.2, 0.25) is 0 Å². The van der Waals surface area contributed by atoms with Crippen molar-refractivity contribution in [3.63, 3.8) is 0 Å². The van der Waals surface area contributed by atoms with Gasteiger partial charge in [0.25, 0.3) is 0 Å². The summed E-state index contributed by atoms with van der Waals surface area (Å²) in [5, 5.41) is 11.4. The third kappa shape index (κ3) is 3.34. The van der Waals surface area contributed by atoms with Crippen LogP contribution in [0.1, 0.15) is 5.56 Å². The SMILES string of the molecule is COCC(Cn1nnnc1-c1cc(N)cc(C)c1F)OC. The monoisotopic (exact) mass is 295 g/mol. The van der Waals surface area contributed by atoms with Crippen molar-refractivity contribution in [2.75, 3.05) is 26.6 Å². The van der Waals surface area contributed by atoms with Crippen LogP contribution in [0.5, 0.6) is 0 Å². The first-order valence-electron chi connectivity index (χ1n) is 6.40. The Morgan fingerprint density at radius 1 is 1.38 bits per heavy atom. The second-order valence-corrected chi connectivity index (χ2v) is 4.70. The highest BCUT2D eigenvalue weighted by molar-refractivity contribution is 5.63. The third-order valence-electron chi connectivity index (χ3n) is 3.11. The number of hydrogen-bond acceptors (Lipinski definition) is 6. The molecule has 0 saturated carbocycles. The Morgan fingerprint density at radius 3 is 2.81 bits per heavy atom. The molecule has 7 nitrogen and oxygen atoms in total. The minimum Gasteiger partial charge on any atom is -0.399 e. The molecule has 2 N–H and O–H groups in total. The van der Waals surface area contributed by atoms with Crippen LogP contribution in [-0.2, 0) is 16.0 Å². The third-order valence-corrected chi connectivity index (χ3v) is 3.11.